The SMILES string of the molecule is O=C(O)CC1CCN(C(=O)COc2ccc(Br)cc2F)CC1. The van der Waals surface area contributed by atoms with Crippen LogP contribution in [0, 0.1) is 11.7 Å². The van der Waals surface area contributed by atoms with Gasteiger partial charge in [0.2, 0.25) is 0 Å². The fraction of sp³-hybridized carbons (Fsp3) is 0.467. The molecule has 1 amide bonds. The summed E-state index contributed by atoms with van der Waals surface area (Å²) in [6, 6.07) is 4.38. The molecule has 0 radical (unpaired) electrons. The van der Waals surface area contributed by atoms with E-state index in [2.05, 4.69) is 15.9 Å². The van der Waals surface area contributed by atoms with E-state index in [1.807, 2.05) is 0 Å². The highest BCUT2D eigenvalue weighted by Gasteiger charge is 2.24. The molecule has 1 saturated heterocycles. The van der Waals surface area contributed by atoms with E-state index in [0.29, 0.717) is 30.4 Å². The Morgan fingerprint density at radius 2 is 2.05 bits per heavy atom. The van der Waals surface area contributed by atoms with Crippen LogP contribution in [0.25, 0.3) is 0 Å². The topological polar surface area (TPSA) is 66.8 Å². The summed E-state index contributed by atoms with van der Waals surface area (Å²) in [5.41, 5.74) is 0. The minimum Gasteiger partial charge on any atom is -0.481 e. The summed E-state index contributed by atoms with van der Waals surface area (Å²) in [5, 5.41) is 8.76. The van der Waals surface area contributed by atoms with Gasteiger partial charge >= 0.3 is 5.97 Å². The van der Waals surface area contributed by atoms with E-state index in [-0.39, 0.29) is 30.6 Å². The molecular formula is C15H17BrFNO4. The fourth-order valence-electron chi connectivity index (χ4n) is 2.46. The molecule has 0 spiro atoms. The quantitative estimate of drug-likeness (QED) is 0.861. The van der Waals surface area contributed by atoms with Crippen molar-refractivity contribution in [1.82, 2.24) is 4.90 Å². The predicted octanol–water partition coefficient (Wildman–Crippen LogP) is 2.68. The second kappa shape index (κ2) is 7.58. The van der Waals surface area contributed by atoms with Gasteiger partial charge in [-0.05, 0) is 37.0 Å². The van der Waals surface area contributed by atoms with Gasteiger partial charge in [0.25, 0.3) is 5.91 Å². The number of piperidine rings is 1. The van der Waals surface area contributed by atoms with E-state index in [9.17, 15) is 14.0 Å². The molecule has 7 heteroatoms. The first-order chi connectivity index (χ1) is 10.5. The molecule has 0 saturated carbocycles. The molecular weight excluding hydrogens is 357 g/mol. The Bertz CT molecular complexity index is 558. The smallest absolute Gasteiger partial charge is 0.303 e. The molecule has 1 heterocycles. The molecule has 1 aliphatic rings. The molecule has 0 aromatic heterocycles. The lowest BCUT2D eigenvalue weighted by atomic mass is 9.94. The van der Waals surface area contributed by atoms with Gasteiger partial charge in [-0.25, -0.2) is 4.39 Å². The molecule has 1 N–H and O–H groups in total. The van der Waals surface area contributed by atoms with Crippen molar-refractivity contribution in [2.75, 3.05) is 19.7 Å². The van der Waals surface area contributed by atoms with Gasteiger partial charge < -0.3 is 14.7 Å². The van der Waals surface area contributed by atoms with E-state index in [0.717, 1.165) is 0 Å². The Balaban J connectivity index is 1.80. The van der Waals surface area contributed by atoms with Crippen molar-refractivity contribution < 1.29 is 23.8 Å². The maximum Gasteiger partial charge on any atom is 0.303 e. The molecule has 1 aliphatic heterocycles. The van der Waals surface area contributed by atoms with Crippen LogP contribution in [0.4, 0.5) is 4.39 Å². The van der Waals surface area contributed by atoms with E-state index in [4.69, 9.17) is 9.84 Å². The molecule has 1 fully saturated rings. The molecule has 0 bridgehead atoms. The molecule has 120 valence electrons. The van der Waals surface area contributed by atoms with Gasteiger partial charge in [-0.15, -0.1) is 0 Å². The van der Waals surface area contributed by atoms with Crippen LogP contribution in [0.3, 0.4) is 0 Å². The number of benzene rings is 1. The first-order valence-corrected chi connectivity index (χ1v) is 7.82. The zero-order valence-electron chi connectivity index (χ0n) is 11.9. The number of likely N-dealkylation sites (tertiary alicyclic amines) is 1. The van der Waals surface area contributed by atoms with Crippen LogP contribution in [0.1, 0.15) is 19.3 Å². The minimum absolute atomic E-state index is 0.0392. The number of hydrogen-bond acceptors (Lipinski definition) is 3. The summed E-state index contributed by atoms with van der Waals surface area (Å²) in [5.74, 6) is -1.39. The minimum atomic E-state index is -0.807. The van der Waals surface area contributed by atoms with Gasteiger partial charge in [-0.2, -0.15) is 0 Å². The number of amides is 1. The van der Waals surface area contributed by atoms with Crippen molar-refractivity contribution in [3.8, 4) is 5.75 Å². The Hall–Kier alpha value is -1.63. The van der Waals surface area contributed by atoms with E-state index in [1.165, 1.54) is 12.1 Å². The summed E-state index contributed by atoms with van der Waals surface area (Å²) in [6.45, 7) is 0.814. The van der Waals surface area contributed by atoms with Crippen LogP contribution in [0.2, 0.25) is 0 Å². The van der Waals surface area contributed by atoms with Crippen molar-refractivity contribution in [2.45, 2.75) is 19.3 Å². The number of carbonyl (C=O) groups excluding carboxylic acids is 1. The second-order valence-electron chi connectivity index (χ2n) is 5.29. The third-order valence-corrected chi connectivity index (χ3v) is 4.17. The molecule has 5 nitrogen and oxygen atoms in total. The first-order valence-electron chi connectivity index (χ1n) is 7.03. The predicted molar refractivity (Wildman–Crippen MR) is 81.2 cm³/mol. The Morgan fingerprint density at radius 1 is 1.36 bits per heavy atom. The number of rotatable bonds is 5. The maximum atomic E-state index is 13.6. The lowest BCUT2D eigenvalue weighted by Crippen LogP contribution is -2.41. The maximum absolute atomic E-state index is 13.6. The van der Waals surface area contributed by atoms with Gasteiger partial charge in [-0.3, -0.25) is 9.59 Å². The number of hydrogen-bond donors (Lipinski definition) is 1. The highest BCUT2D eigenvalue weighted by Crippen LogP contribution is 2.23. The van der Waals surface area contributed by atoms with Crippen molar-refractivity contribution in [2.24, 2.45) is 5.92 Å². The van der Waals surface area contributed by atoms with Crippen LogP contribution in [-0.4, -0.2) is 41.6 Å². The highest BCUT2D eigenvalue weighted by atomic mass is 79.9. The molecule has 1 aromatic carbocycles. The Morgan fingerprint density at radius 3 is 2.64 bits per heavy atom. The highest BCUT2D eigenvalue weighted by molar-refractivity contribution is 9.10. The summed E-state index contributed by atoms with van der Waals surface area (Å²) >= 11 is 3.15. The molecule has 0 unspecified atom stereocenters. The summed E-state index contributed by atoms with van der Waals surface area (Å²) in [7, 11) is 0. The lowest BCUT2D eigenvalue weighted by Gasteiger charge is -2.31. The zero-order chi connectivity index (χ0) is 16.1. The Labute approximate surface area is 136 Å². The summed E-state index contributed by atoms with van der Waals surface area (Å²) in [6.07, 6.45) is 1.48. The number of halogens is 2. The van der Waals surface area contributed by atoms with E-state index >= 15 is 0 Å². The van der Waals surface area contributed by atoms with Crippen LogP contribution in [0.5, 0.6) is 5.75 Å². The summed E-state index contributed by atoms with van der Waals surface area (Å²) < 4.78 is 19.4. The van der Waals surface area contributed by atoms with Gasteiger partial charge in [0.1, 0.15) is 0 Å². The monoisotopic (exact) mass is 373 g/mol. The number of carboxylic acids is 1. The average molecular weight is 374 g/mol. The first kappa shape index (κ1) is 16.7. The number of carbonyl (C=O) groups is 2. The third kappa shape index (κ3) is 4.69. The average Bonchev–Trinajstić information content (AvgIpc) is 2.46. The van der Waals surface area contributed by atoms with Gasteiger partial charge in [0, 0.05) is 24.0 Å². The fourth-order valence-corrected chi connectivity index (χ4v) is 2.79. The largest absolute Gasteiger partial charge is 0.481 e. The second-order valence-corrected chi connectivity index (χ2v) is 6.20. The van der Waals surface area contributed by atoms with Gasteiger partial charge in [0.05, 0.1) is 0 Å². The Kier molecular flexibility index (Phi) is 5.76. The van der Waals surface area contributed by atoms with Crippen molar-refractivity contribution in [1.29, 1.82) is 0 Å². The molecule has 2 rings (SSSR count). The number of aliphatic carboxylic acids is 1. The number of carboxylic acid groups (broad SMARTS) is 1. The number of nitrogens with zero attached hydrogens (tertiary/aromatic N) is 1. The summed E-state index contributed by atoms with van der Waals surface area (Å²) in [4.78, 5) is 24.3. The van der Waals surface area contributed by atoms with E-state index in [1.54, 1.807) is 11.0 Å². The van der Waals surface area contributed by atoms with Crippen molar-refractivity contribution in [3.63, 3.8) is 0 Å². The molecule has 1 aromatic rings. The van der Waals surface area contributed by atoms with Gasteiger partial charge in [0.15, 0.2) is 18.2 Å². The normalized spacial score (nSPS) is 15.6. The van der Waals surface area contributed by atoms with E-state index < -0.39 is 11.8 Å². The third-order valence-electron chi connectivity index (χ3n) is 3.68. The molecule has 22 heavy (non-hydrogen) atoms. The zero-order valence-corrected chi connectivity index (χ0v) is 13.5. The van der Waals surface area contributed by atoms with Gasteiger partial charge in [-0.1, -0.05) is 15.9 Å². The number of ether oxygens (including phenoxy) is 1. The molecule has 0 aliphatic carbocycles. The van der Waals surface area contributed by atoms with Crippen LogP contribution < -0.4 is 4.74 Å². The van der Waals surface area contributed by atoms with Crippen LogP contribution >= 0.6 is 15.9 Å². The lowest BCUT2D eigenvalue weighted by molar-refractivity contribution is -0.139. The van der Waals surface area contributed by atoms with Crippen LogP contribution in [-0.2, 0) is 9.59 Å². The van der Waals surface area contributed by atoms with Crippen LogP contribution in [0.15, 0.2) is 22.7 Å². The van der Waals surface area contributed by atoms with Crippen molar-refractivity contribution in [3.05, 3.63) is 28.5 Å². The van der Waals surface area contributed by atoms with Crippen molar-refractivity contribution >= 4 is 27.8 Å². The molecule has 0 atom stereocenters. The standard InChI is InChI=1S/C15H17BrFNO4/c16-11-1-2-13(12(17)8-11)22-9-14(19)18-5-3-10(4-6-18)7-15(20)21/h1-2,8,10H,3-7,9H2,(H,20,21).